The lowest BCUT2D eigenvalue weighted by atomic mass is 9.94. The lowest BCUT2D eigenvalue weighted by Crippen LogP contribution is -2.07. The summed E-state index contributed by atoms with van der Waals surface area (Å²) in [5.74, 6) is 0.0790. The third-order valence-corrected chi connectivity index (χ3v) is 3.77. The van der Waals surface area contributed by atoms with Crippen LogP contribution in [0.15, 0.2) is 11.1 Å². The van der Waals surface area contributed by atoms with Gasteiger partial charge in [-0.05, 0) is 5.41 Å². The third kappa shape index (κ3) is 2.70. The number of allylic oxidation sites excluding steroid dienone is 1. The Morgan fingerprint density at radius 3 is 2.31 bits per heavy atom. The van der Waals surface area contributed by atoms with E-state index in [0.29, 0.717) is 0 Å². The molecule has 0 aromatic heterocycles. The van der Waals surface area contributed by atoms with Crippen molar-refractivity contribution in [3.63, 3.8) is 0 Å². The fraction of sp³-hybridized carbons (Fsp3) is 0.750. The summed E-state index contributed by atoms with van der Waals surface area (Å²) in [6.45, 7) is 10.0. The molecule has 16 heavy (non-hydrogen) atoms. The van der Waals surface area contributed by atoms with E-state index in [1.807, 2.05) is 40.7 Å². The maximum absolute atomic E-state index is 10.5. The van der Waals surface area contributed by atoms with E-state index in [4.69, 9.17) is 21.4 Å². The summed E-state index contributed by atoms with van der Waals surface area (Å²) in [5.41, 5.74) is -0.252. The van der Waals surface area contributed by atoms with Crippen LogP contribution < -0.4 is 0 Å². The minimum atomic E-state index is -1.22. The molecule has 0 heterocycles. The summed E-state index contributed by atoms with van der Waals surface area (Å²) < 4.78 is 4.82. The zero-order valence-electron chi connectivity index (χ0n) is 10.4. The van der Waals surface area contributed by atoms with Gasteiger partial charge in [-0.2, -0.15) is 0 Å². The first kappa shape index (κ1) is 13.4. The molecule has 0 bridgehead atoms. The molecule has 0 aromatic rings. The average Bonchev–Trinajstić information content (AvgIpc) is 2.53. The Labute approximate surface area is 101 Å². The molecular formula is C12H19ClO3. The van der Waals surface area contributed by atoms with Gasteiger partial charge in [0, 0.05) is 16.4 Å². The van der Waals surface area contributed by atoms with Gasteiger partial charge in [-0.25, -0.2) is 4.79 Å². The zero-order chi connectivity index (χ0) is 12.7. The maximum Gasteiger partial charge on any atom is 0.506 e. The van der Waals surface area contributed by atoms with Gasteiger partial charge >= 0.3 is 6.16 Å². The quantitative estimate of drug-likeness (QED) is 0.753. The normalized spacial score (nSPS) is 28.8. The van der Waals surface area contributed by atoms with Crippen molar-refractivity contribution in [2.45, 2.75) is 40.7 Å². The van der Waals surface area contributed by atoms with E-state index in [-0.39, 0.29) is 22.9 Å². The van der Waals surface area contributed by atoms with E-state index in [2.05, 4.69) is 0 Å². The molecule has 2 atom stereocenters. The number of rotatable bonds is 2. The SMILES string of the molecule is CC(C)(C)/C(Cl)=C/C1C(OC(=O)O)C1(C)C. The Morgan fingerprint density at radius 2 is 1.94 bits per heavy atom. The second kappa shape index (κ2) is 3.95. The lowest BCUT2D eigenvalue weighted by molar-refractivity contribution is 0.0732. The second-order valence-corrected chi connectivity index (χ2v) is 6.32. The van der Waals surface area contributed by atoms with E-state index in [1.165, 1.54) is 0 Å². The highest BCUT2D eigenvalue weighted by atomic mass is 35.5. The van der Waals surface area contributed by atoms with Crippen LogP contribution in [0.3, 0.4) is 0 Å². The van der Waals surface area contributed by atoms with Crippen molar-refractivity contribution in [3.05, 3.63) is 11.1 Å². The van der Waals surface area contributed by atoms with Gasteiger partial charge in [-0.3, -0.25) is 0 Å². The van der Waals surface area contributed by atoms with Crippen LogP contribution in [0, 0.1) is 16.7 Å². The van der Waals surface area contributed by atoms with Gasteiger partial charge in [0.2, 0.25) is 0 Å². The van der Waals surface area contributed by atoms with Gasteiger partial charge in [-0.1, -0.05) is 52.3 Å². The topological polar surface area (TPSA) is 46.5 Å². The minimum Gasteiger partial charge on any atom is -0.450 e. The summed E-state index contributed by atoms with van der Waals surface area (Å²) in [4.78, 5) is 10.5. The van der Waals surface area contributed by atoms with Crippen LogP contribution in [0.4, 0.5) is 4.79 Å². The maximum atomic E-state index is 10.5. The molecule has 0 amide bonds. The molecule has 1 aliphatic carbocycles. The number of halogens is 1. The van der Waals surface area contributed by atoms with Crippen LogP contribution in [0.25, 0.3) is 0 Å². The second-order valence-electron chi connectivity index (χ2n) is 5.92. The van der Waals surface area contributed by atoms with Gasteiger partial charge < -0.3 is 9.84 Å². The number of carboxylic acid groups (broad SMARTS) is 1. The van der Waals surface area contributed by atoms with Crippen molar-refractivity contribution in [1.82, 2.24) is 0 Å². The lowest BCUT2D eigenvalue weighted by Gasteiger charge is -2.17. The summed E-state index contributed by atoms with van der Waals surface area (Å²) >= 11 is 6.18. The fourth-order valence-electron chi connectivity index (χ4n) is 1.67. The molecule has 1 saturated carbocycles. The molecule has 0 saturated heterocycles. The first-order valence-electron chi connectivity index (χ1n) is 5.34. The molecule has 1 aliphatic rings. The molecule has 92 valence electrons. The van der Waals surface area contributed by atoms with Crippen molar-refractivity contribution < 1.29 is 14.6 Å². The summed E-state index contributed by atoms with van der Waals surface area (Å²) in [7, 11) is 0. The highest BCUT2D eigenvalue weighted by molar-refractivity contribution is 6.30. The first-order valence-corrected chi connectivity index (χ1v) is 5.72. The van der Waals surface area contributed by atoms with Crippen molar-refractivity contribution in [2.75, 3.05) is 0 Å². The van der Waals surface area contributed by atoms with Crippen LogP contribution in [-0.2, 0) is 4.74 Å². The fourth-order valence-corrected chi connectivity index (χ4v) is 1.81. The highest BCUT2D eigenvalue weighted by Gasteiger charge is 2.60. The monoisotopic (exact) mass is 246 g/mol. The van der Waals surface area contributed by atoms with Crippen molar-refractivity contribution in [1.29, 1.82) is 0 Å². The van der Waals surface area contributed by atoms with Gasteiger partial charge in [-0.15, -0.1) is 0 Å². The van der Waals surface area contributed by atoms with Gasteiger partial charge in [0.25, 0.3) is 0 Å². The van der Waals surface area contributed by atoms with Crippen molar-refractivity contribution in [3.8, 4) is 0 Å². The van der Waals surface area contributed by atoms with E-state index in [1.54, 1.807) is 0 Å². The smallest absolute Gasteiger partial charge is 0.450 e. The van der Waals surface area contributed by atoms with Crippen LogP contribution >= 0.6 is 11.6 Å². The van der Waals surface area contributed by atoms with E-state index in [9.17, 15) is 4.79 Å². The zero-order valence-corrected chi connectivity index (χ0v) is 11.1. The number of ether oxygens (including phenoxy) is 1. The molecule has 1 rings (SSSR count). The van der Waals surface area contributed by atoms with Crippen molar-refractivity contribution >= 4 is 17.8 Å². The van der Waals surface area contributed by atoms with Crippen LogP contribution in [0.2, 0.25) is 0 Å². The average molecular weight is 247 g/mol. The highest BCUT2D eigenvalue weighted by Crippen LogP contribution is 2.56. The molecule has 3 nitrogen and oxygen atoms in total. The van der Waals surface area contributed by atoms with Crippen LogP contribution in [0.1, 0.15) is 34.6 Å². The van der Waals surface area contributed by atoms with Gasteiger partial charge in [0.15, 0.2) is 0 Å². The molecule has 2 unspecified atom stereocenters. The van der Waals surface area contributed by atoms with Crippen LogP contribution in [-0.4, -0.2) is 17.4 Å². The molecular weight excluding hydrogens is 228 g/mol. The summed E-state index contributed by atoms with van der Waals surface area (Å²) in [6, 6.07) is 0. The summed E-state index contributed by atoms with van der Waals surface area (Å²) in [5, 5.41) is 9.34. The summed E-state index contributed by atoms with van der Waals surface area (Å²) in [6.07, 6.45) is 0.428. The predicted octanol–water partition coefficient (Wildman–Crippen LogP) is 3.87. The van der Waals surface area contributed by atoms with E-state index >= 15 is 0 Å². The first-order chi connectivity index (χ1) is 7.06. The van der Waals surface area contributed by atoms with Crippen molar-refractivity contribution in [2.24, 2.45) is 16.7 Å². The Hall–Kier alpha value is -0.700. The molecule has 0 spiro atoms. The standard InChI is InChI=1S/C12H19ClO3/c1-11(2,3)8(13)6-7-9(12(7,4)5)16-10(14)15/h6-7,9H,1-5H3,(H,14,15)/b8-6-. The Morgan fingerprint density at radius 1 is 1.44 bits per heavy atom. The van der Waals surface area contributed by atoms with Crippen LogP contribution in [0.5, 0.6) is 0 Å². The predicted molar refractivity (Wildman–Crippen MR) is 63.6 cm³/mol. The Bertz CT molecular complexity index is 326. The van der Waals surface area contributed by atoms with Gasteiger partial charge in [0.1, 0.15) is 6.10 Å². The molecule has 4 heteroatoms. The third-order valence-electron chi connectivity index (χ3n) is 3.08. The Kier molecular flexibility index (Phi) is 3.30. The Balaban J connectivity index is 2.74. The number of hydrogen-bond donors (Lipinski definition) is 1. The largest absolute Gasteiger partial charge is 0.506 e. The molecule has 0 aliphatic heterocycles. The number of hydrogen-bond acceptors (Lipinski definition) is 2. The molecule has 0 aromatic carbocycles. The molecule has 0 radical (unpaired) electrons. The molecule has 1 fully saturated rings. The van der Waals surface area contributed by atoms with Gasteiger partial charge in [0.05, 0.1) is 0 Å². The molecule has 1 N–H and O–H groups in total. The van der Waals surface area contributed by atoms with E-state index in [0.717, 1.165) is 5.03 Å². The number of carbonyl (C=O) groups is 1. The van der Waals surface area contributed by atoms with E-state index < -0.39 is 6.16 Å². The minimum absolute atomic E-state index is 0.0790.